The molecule has 3 aromatic rings. The largest absolute Gasteiger partial charge is 0.304 e. The first kappa shape index (κ1) is 15.5. The molecule has 0 aliphatic carbocycles. The molecule has 1 amide bonds. The maximum absolute atomic E-state index is 12.2. The highest BCUT2D eigenvalue weighted by Crippen LogP contribution is 2.19. The first-order chi connectivity index (χ1) is 11.0. The fourth-order valence-electron chi connectivity index (χ4n) is 2.32. The smallest absolute Gasteiger partial charge is 0.267 e. The van der Waals surface area contributed by atoms with E-state index >= 15 is 0 Å². The van der Waals surface area contributed by atoms with Crippen molar-refractivity contribution in [1.29, 1.82) is 0 Å². The standard InChI is InChI=1S/C18H19N3OS/c1-12(2)14-4-6-15(7-5-14)21-10-8-16(20-21)19-18(22)17-13(3)9-11-23-17/h4-12H,1-3H3,(H,19,20,22). The summed E-state index contributed by atoms with van der Waals surface area (Å²) in [5.41, 5.74) is 3.25. The lowest BCUT2D eigenvalue weighted by molar-refractivity contribution is 0.102. The molecule has 0 radical (unpaired) electrons. The molecule has 1 N–H and O–H groups in total. The minimum atomic E-state index is -0.113. The van der Waals surface area contributed by atoms with E-state index in [9.17, 15) is 4.79 Å². The second kappa shape index (κ2) is 6.38. The Morgan fingerprint density at radius 3 is 2.52 bits per heavy atom. The molecule has 0 aliphatic heterocycles. The molecule has 4 nitrogen and oxygen atoms in total. The van der Waals surface area contributed by atoms with Crippen LogP contribution in [0.2, 0.25) is 0 Å². The van der Waals surface area contributed by atoms with Crippen LogP contribution < -0.4 is 5.32 Å². The molecule has 2 aromatic heterocycles. The quantitative estimate of drug-likeness (QED) is 0.761. The number of aromatic nitrogens is 2. The number of nitrogens with one attached hydrogen (secondary N) is 1. The molecule has 0 fully saturated rings. The summed E-state index contributed by atoms with van der Waals surface area (Å²) in [5.74, 6) is 0.944. The highest BCUT2D eigenvalue weighted by atomic mass is 32.1. The van der Waals surface area contributed by atoms with Crippen LogP contribution in [0.1, 0.15) is 40.6 Å². The van der Waals surface area contributed by atoms with E-state index in [-0.39, 0.29) is 5.91 Å². The van der Waals surface area contributed by atoms with Crippen molar-refractivity contribution in [1.82, 2.24) is 9.78 Å². The monoisotopic (exact) mass is 325 g/mol. The Morgan fingerprint density at radius 1 is 1.17 bits per heavy atom. The Kier molecular flexibility index (Phi) is 4.30. The van der Waals surface area contributed by atoms with Crippen molar-refractivity contribution in [3.8, 4) is 5.69 Å². The Morgan fingerprint density at radius 2 is 1.91 bits per heavy atom. The molecule has 3 rings (SSSR count). The molecule has 0 aliphatic rings. The van der Waals surface area contributed by atoms with Gasteiger partial charge >= 0.3 is 0 Å². The number of carbonyl (C=O) groups is 1. The minimum Gasteiger partial charge on any atom is -0.304 e. The zero-order valence-electron chi connectivity index (χ0n) is 13.4. The fraction of sp³-hybridized carbons (Fsp3) is 0.222. The minimum absolute atomic E-state index is 0.113. The van der Waals surface area contributed by atoms with Gasteiger partial charge in [0, 0.05) is 12.3 Å². The van der Waals surface area contributed by atoms with Gasteiger partial charge in [0.05, 0.1) is 10.6 Å². The van der Waals surface area contributed by atoms with E-state index in [2.05, 4.69) is 36.4 Å². The van der Waals surface area contributed by atoms with Gasteiger partial charge in [0.2, 0.25) is 0 Å². The summed E-state index contributed by atoms with van der Waals surface area (Å²) in [6.07, 6.45) is 1.85. The molecule has 1 aromatic carbocycles. The lowest BCUT2D eigenvalue weighted by Crippen LogP contribution is -2.12. The molecule has 5 heteroatoms. The molecule has 0 atom stereocenters. The molecule has 0 saturated carbocycles. The van der Waals surface area contributed by atoms with Gasteiger partial charge in [-0.05, 0) is 47.5 Å². The van der Waals surface area contributed by atoms with Crippen molar-refractivity contribution in [3.05, 3.63) is 64.0 Å². The van der Waals surface area contributed by atoms with Crippen LogP contribution in [0.25, 0.3) is 5.69 Å². The number of carbonyl (C=O) groups excluding carboxylic acids is 1. The van der Waals surface area contributed by atoms with Crippen LogP contribution in [-0.4, -0.2) is 15.7 Å². The van der Waals surface area contributed by atoms with E-state index in [4.69, 9.17) is 0 Å². The van der Waals surface area contributed by atoms with E-state index in [0.29, 0.717) is 11.7 Å². The van der Waals surface area contributed by atoms with Crippen molar-refractivity contribution in [2.75, 3.05) is 5.32 Å². The number of thiophene rings is 1. The Bertz CT molecular complexity index is 815. The summed E-state index contributed by atoms with van der Waals surface area (Å²) in [7, 11) is 0. The Balaban J connectivity index is 1.75. The predicted octanol–water partition coefficient (Wildman–Crippen LogP) is 4.62. The molecule has 118 valence electrons. The average Bonchev–Trinajstić information content (AvgIpc) is 3.16. The number of anilines is 1. The number of rotatable bonds is 4. The molecule has 0 spiro atoms. The van der Waals surface area contributed by atoms with Gasteiger partial charge in [-0.15, -0.1) is 11.3 Å². The summed E-state index contributed by atoms with van der Waals surface area (Å²) in [6.45, 7) is 6.27. The van der Waals surface area contributed by atoms with Gasteiger partial charge < -0.3 is 5.32 Å². The second-order valence-electron chi connectivity index (χ2n) is 5.78. The van der Waals surface area contributed by atoms with Crippen LogP contribution in [0, 0.1) is 6.92 Å². The van der Waals surface area contributed by atoms with Crippen LogP contribution in [-0.2, 0) is 0 Å². The highest BCUT2D eigenvalue weighted by molar-refractivity contribution is 7.12. The second-order valence-corrected chi connectivity index (χ2v) is 6.69. The van der Waals surface area contributed by atoms with E-state index in [1.807, 2.05) is 36.7 Å². The van der Waals surface area contributed by atoms with Gasteiger partial charge in [-0.3, -0.25) is 4.79 Å². The van der Waals surface area contributed by atoms with E-state index in [1.165, 1.54) is 16.9 Å². The maximum atomic E-state index is 12.2. The van der Waals surface area contributed by atoms with Gasteiger partial charge in [-0.25, -0.2) is 4.68 Å². The molecule has 0 saturated heterocycles. The highest BCUT2D eigenvalue weighted by Gasteiger charge is 2.12. The number of aryl methyl sites for hydroxylation is 1. The third-order valence-corrected chi connectivity index (χ3v) is 4.74. The van der Waals surface area contributed by atoms with Crippen LogP contribution in [0.15, 0.2) is 48.0 Å². The van der Waals surface area contributed by atoms with Gasteiger partial charge in [0.1, 0.15) is 0 Å². The van der Waals surface area contributed by atoms with Crippen molar-refractivity contribution >= 4 is 23.1 Å². The maximum Gasteiger partial charge on any atom is 0.267 e. The van der Waals surface area contributed by atoms with Gasteiger partial charge in [0.25, 0.3) is 5.91 Å². The molecule has 2 heterocycles. The van der Waals surface area contributed by atoms with Crippen LogP contribution in [0.4, 0.5) is 5.82 Å². The predicted molar refractivity (Wildman–Crippen MR) is 94.7 cm³/mol. The zero-order valence-corrected chi connectivity index (χ0v) is 14.2. The zero-order chi connectivity index (χ0) is 16.4. The Labute approximate surface area is 139 Å². The number of benzene rings is 1. The average molecular weight is 325 g/mol. The van der Waals surface area contributed by atoms with Crippen LogP contribution >= 0.6 is 11.3 Å². The summed E-state index contributed by atoms with van der Waals surface area (Å²) in [6, 6.07) is 12.0. The number of amides is 1. The third-order valence-electron chi connectivity index (χ3n) is 3.72. The van der Waals surface area contributed by atoms with Crippen LogP contribution in [0.5, 0.6) is 0 Å². The van der Waals surface area contributed by atoms with Crippen molar-refractivity contribution in [3.63, 3.8) is 0 Å². The summed E-state index contributed by atoms with van der Waals surface area (Å²) in [5, 5.41) is 9.18. The van der Waals surface area contributed by atoms with Crippen LogP contribution in [0.3, 0.4) is 0 Å². The van der Waals surface area contributed by atoms with Gasteiger partial charge in [-0.2, -0.15) is 5.10 Å². The summed E-state index contributed by atoms with van der Waals surface area (Å²) < 4.78 is 1.76. The van der Waals surface area contributed by atoms with Gasteiger partial charge in [-0.1, -0.05) is 26.0 Å². The lowest BCUT2D eigenvalue weighted by Gasteiger charge is -2.07. The third kappa shape index (κ3) is 3.35. The topological polar surface area (TPSA) is 46.9 Å². The molecular weight excluding hydrogens is 306 g/mol. The van der Waals surface area contributed by atoms with Gasteiger partial charge in [0.15, 0.2) is 5.82 Å². The Hall–Kier alpha value is -2.40. The molecule has 0 bridgehead atoms. The van der Waals surface area contributed by atoms with E-state index in [1.54, 1.807) is 10.7 Å². The summed E-state index contributed by atoms with van der Waals surface area (Å²) >= 11 is 1.44. The van der Waals surface area contributed by atoms with Crippen molar-refractivity contribution < 1.29 is 4.79 Å². The van der Waals surface area contributed by atoms with E-state index in [0.717, 1.165) is 16.1 Å². The van der Waals surface area contributed by atoms with Crippen molar-refractivity contribution in [2.24, 2.45) is 0 Å². The first-order valence-corrected chi connectivity index (χ1v) is 8.44. The number of hydrogen-bond donors (Lipinski definition) is 1. The number of hydrogen-bond acceptors (Lipinski definition) is 3. The molecular formula is C18H19N3OS. The number of nitrogens with zero attached hydrogens (tertiary/aromatic N) is 2. The molecule has 23 heavy (non-hydrogen) atoms. The lowest BCUT2D eigenvalue weighted by atomic mass is 10.0. The normalized spacial score (nSPS) is 11.0. The van der Waals surface area contributed by atoms with E-state index < -0.39 is 0 Å². The first-order valence-electron chi connectivity index (χ1n) is 7.56. The fourth-order valence-corrected chi connectivity index (χ4v) is 3.15. The molecule has 0 unspecified atom stereocenters. The van der Waals surface area contributed by atoms with Crippen molar-refractivity contribution in [2.45, 2.75) is 26.7 Å². The SMILES string of the molecule is Cc1ccsc1C(=O)Nc1ccn(-c2ccc(C(C)C)cc2)n1. The summed E-state index contributed by atoms with van der Waals surface area (Å²) in [4.78, 5) is 12.9.